The Morgan fingerprint density at radius 2 is 2.29 bits per heavy atom. The van der Waals surface area contributed by atoms with Gasteiger partial charge >= 0.3 is 0 Å². The van der Waals surface area contributed by atoms with E-state index in [-0.39, 0.29) is 5.82 Å². The summed E-state index contributed by atoms with van der Waals surface area (Å²) in [6.45, 7) is 1.37. The molecule has 1 N–H and O–H groups in total. The predicted molar refractivity (Wildman–Crippen MR) is 60.6 cm³/mol. The molecule has 0 radical (unpaired) electrons. The zero-order chi connectivity index (χ0) is 12.1. The van der Waals surface area contributed by atoms with Crippen molar-refractivity contribution in [3.63, 3.8) is 0 Å². The molecule has 0 amide bonds. The lowest BCUT2D eigenvalue weighted by molar-refractivity contribution is 0.610. The van der Waals surface area contributed by atoms with Gasteiger partial charge in [0.05, 0.1) is 6.20 Å². The Hall–Kier alpha value is -1.82. The molecule has 0 aliphatic rings. The van der Waals surface area contributed by atoms with Gasteiger partial charge in [-0.3, -0.25) is 4.98 Å². The topological polar surface area (TPSA) is 55.6 Å². The summed E-state index contributed by atoms with van der Waals surface area (Å²) in [5.74, 6) is 0.618. The van der Waals surface area contributed by atoms with Gasteiger partial charge in [-0.25, -0.2) is 4.39 Å². The fourth-order valence-corrected chi connectivity index (χ4v) is 1.52. The molecule has 0 spiro atoms. The van der Waals surface area contributed by atoms with Crippen molar-refractivity contribution in [3.8, 4) is 0 Å². The molecule has 0 bridgehead atoms. The molecule has 0 aliphatic carbocycles. The van der Waals surface area contributed by atoms with Crippen LogP contribution >= 0.6 is 0 Å². The van der Waals surface area contributed by atoms with Crippen LogP contribution in [0, 0.1) is 5.82 Å². The molecule has 0 saturated carbocycles. The minimum absolute atomic E-state index is 0.308. The van der Waals surface area contributed by atoms with Crippen molar-refractivity contribution in [2.75, 3.05) is 6.54 Å². The minimum Gasteiger partial charge on any atom is -0.321 e. The normalized spacial score (nSPS) is 10.7. The maximum absolute atomic E-state index is 12.8. The molecule has 0 atom stereocenters. The van der Waals surface area contributed by atoms with Gasteiger partial charge in [0.1, 0.15) is 18.0 Å². The zero-order valence-corrected chi connectivity index (χ0v) is 9.60. The van der Waals surface area contributed by atoms with Crippen molar-refractivity contribution >= 4 is 0 Å². The monoisotopic (exact) mass is 235 g/mol. The summed E-state index contributed by atoms with van der Waals surface area (Å²) in [5.41, 5.74) is 0.836. The molecule has 5 nitrogen and oxygen atoms in total. The van der Waals surface area contributed by atoms with E-state index >= 15 is 0 Å². The van der Waals surface area contributed by atoms with Crippen molar-refractivity contribution in [3.05, 3.63) is 42.0 Å². The number of pyridine rings is 1. The van der Waals surface area contributed by atoms with Gasteiger partial charge in [-0.15, -0.1) is 10.2 Å². The van der Waals surface area contributed by atoms with Crippen molar-refractivity contribution in [2.45, 2.75) is 13.0 Å². The van der Waals surface area contributed by atoms with E-state index in [1.165, 1.54) is 12.3 Å². The molecule has 0 aromatic carbocycles. The third-order valence-corrected chi connectivity index (χ3v) is 2.42. The maximum Gasteiger partial charge on any atom is 0.141 e. The Morgan fingerprint density at radius 3 is 3.00 bits per heavy atom. The van der Waals surface area contributed by atoms with Crippen LogP contribution in [0.2, 0.25) is 0 Å². The number of rotatable bonds is 5. The second-order valence-corrected chi connectivity index (χ2v) is 3.80. The SMILES string of the molecule is Cn1cnnc1CCNCc1cncc(F)c1. The number of hydrogen-bond acceptors (Lipinski definition) is 4. The highest BCUT2D eigenvalue weighted by molar-refractivity contribution is 5.09. The Kier molecular flexibility index (Phi) is 3.77. The van der Waals surface area contributed by atoms with E-state index in [9.17, 15) is 4.39 Å². The van der Waals surface area contributed by atoms with Gasteiger partial charge in [-0.2, -0.15) is 0 Å². The minimum atomic E-state index is -0.308. The Bertz CT molecular complexity index is 482. The van der Waals surface area contributed by atoms with E-state index in [2.05, 4.69) is 20.5 Å². The van der Waals surface area contributed by atoms with Crippen LogP contribution in [0.15, 0.2) is 24.8 Å². The summed E-state index contributed by atoms with van der Waals surface area (Å²) < 4.78 is 14.7. The Balaban J connectivity index is 1.75. The summed E-state index contributed by atoms with van der Waals surface area (Å²) in [5, 5.41) is 11.0. The number of nitrogens with zero attached hydrogens (tertiary/aromatic N) is 4. The van der Waals surface area contributed by atoms with Crippen molar-refractivity contribution < 1.29 is 4.39 Å². The molecule has 0 saturated heterocycles. The van der Waals surface area contributed by atoms with Crippen LogP contribution in [-0.4, -0.2) is 26.3 Å². The molecular weight excluding hydrogens is 221 g/mol. The van der Waals surface area contributed by atoms with Crippen LogP contribution in [0.5, 0.6) is 0 Å². The Labute approximate surface area is 98.7 Å². The van der Waals surface area contributed by atoms with E-state index in [0.717, 1.165) is 24.4 Å². The number of aromatic nitrogens is 4. The Morgan fingerprint density at radius 1 is 1.41 bits per heavy atom. The molecule has 17 heavy (non-hydrogen) atoms. The van der Waals surface area contributed by atoms with Gasteiger partial charge in [0.15, 0.2) is 0 Å². The third kappa shape index (κ3) is 3.32. The molecule has 2 rings (SSSR count). The fraction of sp³-hybridized carbons (Fsp3) is 0.364. The lowest BCUT2D eigenvalue weighted by Gasteiger charge is -2.04. The van der Waals surface area contributed by atoms with Crippen molar-refractivity contribution in [1.29, 1.82) is 0 Å². The smallest absolute Gasteiger partial charge is 0.141 e. The van der Waals surface area contributed by atoms with Crippen LogP contribution in [-0.2, 0) is 20.0 Å². The number of aryl methyl sites for hydroxylation is 1. The standard InChI is InChI=1S/C11H14FN5/c1-17-8-15-16-11(17)2-3-13-5-9-4-10(12)7-14-6-9/h4,6-8,13H,2-3,5H2,1H3. The number of nitrogens with one attached hydrogen (secondary N) is 1. The number of halogens is 1. The summed E-state index contributed by atoms with van der Waals surface area (Å²) in [6, 6.07) is 1.47. The van der Waals surface area contributed by atoms with E-state index in [1.807, 2.05) is 11.6 Å². The first-order valence-corrected chi connectivity index (χ1v) is 5.39. The second-order valence-electron chi connectivity index (χ2n) is 3.80. The fourth-order valence-electron chi connectivity index (χ4n) is 1.52. The number of hydrogen-bond donors (Lipinski definition) is 1. The van der Waals surface area contributed by atoms with Gasteiger partial charge in [0, 0.05) is 32.8 Å². The summed E-state index contributed by atoms with van der Waals surface area (Å²) >= 11 is 0. The first-order valence-electron chi connectivity index (χ1n) is 5.39. The maximum atomic E-state index is 12.8. The van der Waals surface area contributed by atoms with Crippen LogP contribution in [0.1, 0.15) is 11.4 Å². The third-order valence-electron chi connectivity index (χ3n) is 2.42. The molecular formula is C11H14FN5. The highest BCUT2D eigenvalue weighted by atomic mass is 19.1. The van der Waals surface area contributed by atoms with Gasteiger partial charge in [0.2, 0.25) is 0 Å². The molecule has 2 aromatic rings. The van der Waals surface area contributed by atoms with E-state index in [4.69, 9.17) is 0 Å². The molecule has 2 aromatic heterocycles. The van der Waals surface area contributed by atoms with Crippen LogP contribution in [0.25, 0.3) is 0 Å². The lowest BCUT2D eigenvalue weighted by Crippen LogP contribution is -2.18. The first-order chi connectivity index (χ1) is 8.25. The molecule has 0 aliphatic heterocycles. The van der Waals surface area contributed by atoms with Gasteiger partial charge in [0.25, 0.3) is 0 Å². The molecule has 2 heterocycles. The van der Waals surface area contributed by atoms with E-state index in [1.54, 1.807) is 12.5 Å². The van der Waals surface area contributed by atoms with Gasteiger partial charge in [-0.1, -0.05) is 0 Å². The van der Waals surface area contributed by atoms with Crippen molar-refractivity contribution in [1.82, 2.24) is 25.1 Å². The molecule has 0 fully saturated rings. The van der Waals surface area contributed by atoms with E-state index < -0.39 is 0 Å². The highest BCUT2D eigenvalue weighted by Gasteiger charge is 2.00. The largest absolute Gasteiger partial charge is 0.321 e. The molecule has 0 unspecified atom stereocenters. The van der Waals surface area contributed by atoms with Crippen LogP contribution in [0.3, 0.4) is 0 Å². The van der Waals surface area contributed by atoms with Gasteiger partial charge in [-0.05, 0) is 11.6 Å². The molecule has 6 heteroatoms. The van der Waals surface area contributed by atoms with Crippen molar-refractivity contribution in [2.24, 2.45) is 7.05 Å². The lowest BCUT2D eigenvalue weighted by atomic mass is 10.3. The average molecular weight is 235 g/mol. The van der Waals surface area contributed by atoms with Crippen LogP contribution in [0.4, 0.5) is 4.39 Å². The highest BCUT2D eigenvalue weighted by Crippen LogP contribution is 2.00. The zero-order valence-electron chi connectivity index (χ0n) is 9.60. The molecule has 90 valence electrons. The van der Waals surface area contributed by atoms with Crippen LogP contribution < -0.4 is 5.32 Å². The van der Waals surface area contributed by atoms with E-state index in [0.29, 0.717) is 6.54 Å². The summed E-state index contributed by atoms with van der Waals surface area (Å²) in [4.78, 5) is 3.79. The quantitative estimate of drug-likeness (QED) is 0.774. The second kappa shape index (κ2) is 5.49. The average Bonchev–Trinajstić information content (AvgIpc) is 2.71. The first kappa shape index (κ1) is 11.7. The van der Waals surface area contributed by atoms with Gasteiger partial charge < -0.3 is 9.88 Å². The predicted octanol–water partition coefficient (Wildman–Crippen LogP) is 0.681. The summed E-state index contributed by atoms with van der Waals surface area (Å²) in [6.07, 6.45) is 5.31. The summed E-state index contributed by atoms with van der Waals surface area (Å²) in [7, 11) is 1.91.